The third-order valence-corrected chi connectivity index (χ3v) is 2.51. The summed E-state index contributed by atoms with van der Waals surface area (Å²) in [5, 5.41) is 0. The Labute approximate surface area is 106 Å². The average molecular weight is 245 g/mol. The van der Waals surface area contributed by atoms with Crippen LogP contribution in [0.2, 0.25) is 0 Å². The maximum Gasteiger partial charge on any atom is 0.227 e. The number of nitrogens with zero attached hydrogens (tertiary/aromatic N) is 2. The standard InChI is InChI=1S/C13H15N3O2/c1-8-12(14)15-9(2)16-13(8)18-11-6-4-5-10(7-11)17-3/h4-7H,1-3H3,(H2,14,15,16). The molecule has 0 unspecified atom stereocenters. The molecule has 1 heterocycles. The number of benzene rings is 1. The monoisotopic (exact) mass is 245 g/mol. The minimum absolute atomic E-state index is 0.431. The van der Waals surface area contributed by atoms with Crippen molar-refractivity contribution in [2.24, 2.45) is 0 Å². The molecule has 0 aliphatic heterocycles. The van der Waals surface area contributed by atoms with Crippen molar-refractivity contribution < 1.29 is 9.47 Å². The third-order valence-electron chi connectivity index (χ3n) is 2.51. The number of nitrogen functional groups attached to an aromatic ring is 1. The molecule has 0 aliphatic rings. The molecule has 2 aromatic rings. The van der Waals surface area contributed by atoms with Crippen molar-refractivity contribution in [3.8, 4) is 17.4 Å². The summed E-state index contributed by atoms with van der Waals surface area (Å²) >= 11 is 0. The summed E-state index contributed by atoms with van der Waals surface area (Å²) in [7, 11) is 1.61. The van der Waals surface area contributed by atoms with Crippen molar-refractivity contribution in [1.29, 1.82) is 0 Å². The predicted molar refractivity (Wildman–Crippen MR) is 69.0 cm³/mol. The van der Waals surface area contributed by atoms with E-state index in [9.17, 15) is 0 Å². The molecule has 0 amide bonds. The lowest BCUT2D eigenvalue weighted by atomic mass is 10.3. The highest BCUT2D eigenvalue weighted by molar-refractivity contribution is 5.46. The predicted octanol–water partition coefficient (Wildman–Crippen LogP) is 2.48. The van der Waals surface area contributed by atoms with Crippen molar-refractivity contribution in [3.63, 3.8) is 0 Å². The lowest BCUT2D eigenvalue weighted by molar-refractivity contribution is 0.406. The van der Waals surface area contributed by atoms with Crippen LogP contribution in [0, 0.1) is 13.8 Å². The summed E-state index contributed by atoms with van der Waals surface area (Å²) in [5.41, 5.74) is 6.50. The van der Waals surface area contributed by atoms with E-state index in [0.717, 1.165) is 11.3 Å². The van der Waals surface area contributed by atoms with E-state index in [1.807, 2.05) is 25.1 Å². The molecule has 0 saturated carbocycles. The summed E-state index contributed by atoms with van der Waals surface area (Å²) in [6.45, 7) is 3.60. The molecule has 5 heteroatoms. The highest BCUT2D eigenvalue weighted by Gasteiger charge is 2.09. The number of ether oxygens (including phenoxy) is 2. The zero-order valence-corrected chi connectivity index (χ0v) is 10.6. The van der Waals surface area contributed by atoms with Gasteiger partial charge in [0.05, 0.1) is 12.7 Å². The van der Waals surface area contributed by atoms with Gasteiger partial charge in [-0.25, -0.2) is 4.98 Å². The van der Waals surface area contributed by atoms with Crippen LogP contribution in [0.5, 0.6) is 17.4 Å². The van der Waals surface area contributed by atoms with Crippen LogP contribution >= 0.6 is 0 Å². The Hall–Kier alpha value is -2.30. The molecule has 2 N–H and O–H groups in total. The Morgan fingerprint density at radius 3 is 2.56 bits per heavy atom. The molecule has 5 nitrogen and oxygen atoms in total. The van der Waals surface area contributed by atoms with Gasteiger partial charge in [0.2, 0.25) is 5.88 Å². The number of anilines is 1. The van der Waals surface area contributed by atoms with Gasteiger partial charge >= 0.3 is 0 Å². The summed E-state index contributed by atoms with van der Waals surface area (Å²) in [5.74, 6) is 2.85. The minimum atomic E-state index is 0.431. The van der Waals surface area contributed by atoms with Gasteiger partial charge in [0.15, 0.2) is 0 Å². The van der Waals surface area contributed by atoms with E-state index in [1.54, 1.807) is 20.1 Å². The Morgan fingerprint density at radius 1 is 1.11 bits per heavy atom. The first-order valence-electron chi connectivity index (χ1n) is 5.53. The maximum absolute atomic E-state index is 5.78. The third kappa shape index (κ3) is 2.51. The van der Waals surface area contributed by atoms with Gasteiger partial charge in [0, 0.05) is 6.07 Å². The van der Waals surface area contributed by atoms with Crippen LogP contribution in [0.1, 0.15) is 11.4 Å². The van der Waals surface area contributed by atoms with Crippen molar-refractivity contribution >= 4 is 5.82 Å². The Bertz CT molecular complexity index is 570. The molecule has 0 spiro atoms. The molecular weight excluding hydrogens is 230 g/mol. The largest absolute Gasteiger partial charge is 0.497 e. The van der Waals surface area contributed by atoms with E-state index in [0.29, 0.717) is 23.3 Å². The fraction of sp³-hybridized carbons (Fsp3) is 0.231. The van der Waals surface area contributed by atoms with Crippen molar-refractivity contribution in [2.75, 3.05) is 12.8 Å². The molecule has 18 heavy (non-hydrogen) atoms. The summed E-state index contributed by atoms with van der Waals surface area (Å²) < 4.78 is 10.8. The second kappa shape index (κ2) is 4.91. The summed E-state index contributed by atoms with van der Waals surface area (Å²) in [6.07, 6.45) is 0. The number of aryl methyl sites for hydroxylation is 1. The van der Waals surface area contributed by atoms with Gasteiger partial charge in [-0.05, 0) is 26.0 Å². The molecule has 0 aliphatic carbocycles. The van der Waals surface area contributed by atoms with E-state index in [-0.39, 0.29) is 0 Å². The fourth-order valence-electron chi connectivity index (χ4n) is 1.50. The molecular formula is C13H15N3O2. The van der Waals surface area contributed by atoms with Gasteiger partial charge in [-0.1, -0.05) is 6.07 Å². The van der Waals surface area contributed by atoms with E-state index in [1.165, 1.54) is 0 Å². The van der Waals surface area contributed by atoms with Crippen LogP contribution in [0.4, 0.5) is 5.82 Å². The van der Waals surface area contributed by atoms with Gasteiger partial charge < -0.3 is 15.2 Å². The molecule has 0 fully saturated rings. The highest BCUT2D eigenvalue weighted by Crippen LogP contribution is 2.27. The van der Waals surface area contributed by atoms with Crippen LogP contribution in [-0.2, 0) is 0 Å². The first-order valence-corrected chi connectivity index (χ1v) is 5.53. The topological polar surface area (TPSA) is 70.3 Å². The SMILES string of the molecule is COc1cccc(Oc2nc(C)nc(N)c2C)c1. The number of hydrogen-bond donors (Lipinski definition) is 1. The second-order valence-corrected chi connectivity index (χ2v) is 3.87. The van der Waals surface area contributed by atoms with Gasteiger partial charge in [0.1, 0.15) is 23.1 Å². The van der Waals surface area contributed by atoms with Crippen molar-refractivity contribution in [1.82, 2.24) is 9.97 Å². The maximum atomic E-state index is 5.78. The van der Waals surface area contributed by atoms with Crippen LogP contribution < -0.4 is 15.2 Å². The number of aromatic nitrogens is 2. The van der Waals surface area contributed by atoms with Crippen LogP contribution in [0.25, 0.3) is 0 Å². The molecule has 2 rings (SSSR count). The Kier molecular flexibility index (Phi) is 3.32. The fourth-order valence-corrected chi connectivity index (χ4v) is 1.50. The quantitative estimate of drug-likeness (QED) is 0.899. The van der Waals surface area contributed by atoms with Crippen molar-refractivity contribution in [3.05, 3.63) is 35.7 Å². The Balaban J connectivity index is 2.33. The van der Waals surface area contributed by atoms with E-state index in [4.69, 9.17) is 15.2 Å². The first kappa shape index (κ1) is 12.2. The van der Waals surface area contributed by atoms with Crippen LogP contribution in [-0.4, -0.2) is 17.1 Å². The van der Waals surface area contributed by atoms with Crippen LogP contribution in [0.3, 0.4) is 0 Å². The first-order chi connectivity index (χ1) is 8.60. The molecule has 1 aromatic heterocycles. The lowest BCUT2D eigenvalue weighted by Gasteiger charge is -2.10. The molecule has 1 aromatic carbocycles. The molecule has 0 saturated heterocycles. The van der Waals surface area contributed by atoms with Gasteiger partial charge in [-0.3, -0.25) is 0 Å². The smallest absolute Gasteiger partial charge is 0.227 e. The van der Waals surface area contributed by atoms with E-state index >= 15 is 0 Å². The molecule has 94 valence electrons. The molecule has 0 radical (unpaired) electrons. The van der Waals surface area contributed by atoms with Crippen molar-refractivity contribution in [2.45, 2.75) is 13.8 Å². The van der Waals surface area contributed by atoms with Gasteiger partial charge in [-0.15, -0.1) is 0 Å². The zero-order valence-electron chi connectivity index (χ0n) is 10.6. The summed E-state index contributed by atoms with van der Waals surface area (Å²) in [4.78, 5) is 8.30. The second-order valence-electron chi connectivity index (χ2n) is 3.87. The van der Waals surface area contributed by atoms with Gasteiger partial charge in [0.25, 0.3) is 0 Å². The van der Waals surface area contributed by atoms with E-state index in [2.05, 4.69) is 9.97 Å². The highest BCUT2D eigenvalue weighted by atomic mass is 16.5. The number of nitrogens with two attached hydrogens (primary N) is 1. The Morgan fingerprint density at radius 2 is 1.83 bits per heavy atom. The number of hydrogen-bond acceptors (Lipinski definition) is 5. The summed E-state index contributed by atoms with van der Waals surface area (Å²) in [6, 6.07) is 7.31. The van der Waals surface area contributed by atoms with E-state index < -0.39 is 0 Å². The number of rotatable bonds is 3. The van der Waals surface area contributed by atoms with Gasteiger partial charge in [-0.2, -0.15) is 4.98 Å². The van der Waals surface area contributed by atoms with Crippen LogP contribution in [0.15, 0.2) is 24.3 Å². The minimum Gasteiger partial charge on any atom is -0.497 e. The zero-order chi connectivity index (χ0) is 13.1. The molecule has 0 atom stereocenters. The normalized spacial score (nSPS) is 10.2. The number of methoxy groups -OCH3 is 1. The lowest BCUT2D eigenvalue weighted by Crippen LogP contribution is -2.02. The molecule has 0 bridgehead atoms. The average Bonchev–Trinajstić information content (AvgIpc) is 2.35.